The molecule has 1 fully saturated rings. The van der Waals surface area contributed by atoms with Crippen LogP contribution in [0.5, 0.6) is 5.75 Å². The molecule has 3 rings (SSSR count). The van der Waals surface area contributed by atoms with E-state index < -0.39 is 0 Å². The average molecular weight is 368 g/mol. The molecule has 6 heteroatoms. The molecule has 6 nitrogen and oxygen atoms in total. The van der Waals surface area contributed by atoms with Gasteiger partial charge in [-0.1, -0.05) is 30.3 Å². The smallest absolute Gasteiger partial charge is 0.260 e. The zero-order chi connectivity index (χ0) is 19.1. The van der Waals surface area contributed by atoms with Crippen molar-refractivity contribution in [2.45, 2.75) is 19.4 Å². The first kappa shape index (κ1) is 18.9. The number of nitrogens with zero attached hydrogens (tertiary/aromatic N) is 2. The lowest BCUT2D eigenvalue weighted by molar-refractivity contribution is -0.134. The number of hydrogen-bond donors (Lipinski definition) is 1. The van der Waals surface area contributed by atoms with Crippen molar-refractivity contribution in [2.24, 2.45) is 0 Å². The van der Waals surface area contributed by atoms with Gasteiger partial charge in [0.1, 0.15) is 5.75 Å². The first-order valence-electron chi connectivity index (χ1n) is 9.13. The molecule has 0 aromatic heterocycles. The van der Waals surface area contributed by atoms with E-state index >= 15 is 0 Å². The van der Waals surface area contributed by atoms with Gasteiger partial charge in [-0.25, -0.2) is 0 Å². The summed E-state index contributed by atoms with van der Waals surface area (Å²) >= 11 is 0. The minimum Gasteiger partial charge on any atom is -0.484 e. The summed E-state index contributed by atoms with van der Waals surface area (Å²) in [5.41, 5.74) is 1.85. The highest BCUT2D eigenvalue weighted by atomic mass is 16.5. The van der Waals surface area contributed by atoms with Gasteiger partial charge in [0.2, 0.25) is 5.91 Å². The average Bonchev–Trinajstić information content (AvgIpc) is 3.13. The van der Waals surface area contributed by atoms with Crippen LogP contribution in [-0.4, -0.2) is 48.1 Å². The predicted octanol–water partition coefficient (Wildman–Crippen LogP) is 2.21. The number of anilines is 1. The zero-order valence-electron chi connectivity index (χ0n) is 15.2. The van der Waals surface area contributed by atoms with E-state index in [0.717, 1.165) is 24.2 Å². The third-order valence-electron chi connectivity index (χ3n) is 4.52. The lowest BCUT2D eigenvalue weighted by atomic mass is 10.2. The van der Waals surface area contributed by atoms with Crippen LogP contribution in [0.4, 0.5) is 5.69 Å². The topological polar surface area (TPSA) is 70.1 Å². The number of ether oxygens (including phenoxy) is 1. The molecule has 1 aliphatic heterocycles. The van der Waals surface area contributed by atoms with E-state index in [4.69, 9.17) is 4.74 Å². The fraction of sp³-hybridized carbons (Fsp3) is 0.333. The van der Waals surface area contributed by atoms with Crippen molar-refractivity contribution >= 4 is 17.5 Å². The number of benzene rings is 2. The van der Waals surface area contributed by atoms with E-state index in [-0.39, 0.29) is 31.6 Å². The van der Waals surface area contributed by atoms with Gasteiger partial charge in [-0.2, -0.15) is 0 Å². The number of carbonyl (C=O) groups is 2. The number of hydrogen-bond acceptors (Lipinski definition) is 4. The molecule has 2 aromatic rings. The molecule has 0 bridgehead atoms. The van der Waals surface area contributed by atoms with Gasteiger partial charge in [0.25, 0.3) is 5.91 Å². The molecule has 27 heavy (non-hydrogen) atoms. The van der Waals surface area contributed by atoms with Gasteiger partial charge >= 0.3 is 0 Å². The third-order valence-corrected chi connectivity index (χ3v) is 4.52. The number of rotatable bonds is 8. The Bertz CT molecular complexity index is 762. The molecule has 1 N–H and O–H groups in total. The molecular weight excluding hydrogens is 344 g/mol. The van der Waals surface area contributed by atoms with Crippen LogP contribution in [0.1, 0.15) is 18.4 Å². The van der Waals surface area contributed by atoms with Crippen molar-refractivity contribution in [3.8, 4) is 5.75 Å². The maximum Gasteiger partial charge on any atom is 0.260 e. The zero-order valence-corrected chi connectivity index (χ0v) is 15.2. The molecule has 0 spiro atoms. The Balaban J connectivity index is 1.55. The summed E-state index contributed by atoms with van der Waals surface area (Å²) in [5, 5.41) is 9.24. The fourth-order valence-corrected chi connectivity index (χ4v) is 3.10. The monoisotopic (exact) mass is 368 g/mol. The Morgan fingerprint density at radius 3 is 2.48 bits per heavy atom. The van der Waals surface area contributed by atoms with Crippen molar-refractivity contribution in [1.29, 1.82) is 0 Å². The second-order valence-electron chi connectivity index (χ2n) is 6.46. The van der Waals surface area contributed by atoms with Gasteiger partial charge < -0.3 is 19.6 Å². The number of amides is 2. The molecule has 1 heterocycles. The van der Waals surface area contributed by atoms with Crippen molar-refractivity contribution in [3.63, 3.8) is 0 Å². The fourth-order valence-electron chi connectivity index (χ4n) is 3.10. The molecule has 2 amide bonds. The first-order chi connectivity index (χ1) is 13.2. The van der Waals surface area contributed by atoms with Crippen LogP contribution in [-0.2, 0) is 16.1 Å². The van der Waals surface area contributed by atoms with Gasteiger partial charge in [0.05, 0.1) is 6.61 Å². The van der Waals surface area contributed by atoms with Crippen LogP contribution in [0.3, 0.4) is 0 Å². The summed E-state index contributed by atoms with van der Waals surface area (Å²) in [6.07, 6.45) is 1.47. The maximum absolute atomic E-state index is 12.5. The van der Waals surface area contributed by atoms with Gasteiger partial charge in [0, 0.05) is 31.7 Å². The quantitative estimate of drug-likeness (QED) is 0.776. The Hall–Kier alpha value is -2.86. The second-order valence-corrected chi connectivity index (χ2v) is 6.46. The summed E-state index contributed by atoms with van der Waals surface area (Å²) in [7, 11) is 0. The van der Waals surface area contributed by atoms with Crippen LogP contribution in [0.25, 0.3) is 0 Å². The molecule has 0 unspecified atom stereocenters. The van der Waals surface area contributed by atoms with E-state index in [9.17, 15) is 14.7 Å². The van der Waals surface area contributed by atoms with Crippen LogP contribution in [0, 0.1) is 0 Å². The highest BCUT2D eigenvalue weighted by Gasteiger charge is 2.21. The molecule has 0 aliphatic carbocycles. The van der Waals surface area contributed by atoms with Crippen LogP contribution >= 0.6 is 0 Å². The molecular formula is C21H24N2O4. The van der Waals surface area contributed by atoms with E-state index in [2.05, 4.69) is 0 Å². The van der Waals surface area contributed by atoms with Crippen LogP contribution in [0.2, 0.25) is 0 Å². The highest BCUT2D eigenvalue weighted by Crippen LogP contribution is 2.23. The number of aliphatic hydroxyl groups excluding tert-OH is 1. The van der Waals surface area contributed by atoms with E-state index in [0.29, 0.717) is 18.7 Å². The SMILES string of the molecule is O=C(COc1ccc(N2CCCC2=O)cc1)N(CCO)Cc1ccccc1. The normalized spacial score (nSPS) is 13.7. The Morgan fingerprint density at radius 1 is 1.11 bits per heavy atom. The number of carbonyl (C=O) groups excluding carboxylic acids is 2. The standard InChI is InChI=1S/C21H24N2O4/c24-14-13-22(15-17-5-2-1-3-6-17)21(26)16-27-19-10-8-18(9-11-19)23-12-4-7-20(23)25/h1-3,5-6,8-11,24H,4,7,12-16H2. The third kappa shape index (κ3) is 5.08. The summed E-state index contributed by atoms with van der Waals surface area (Å²) < 4.78 is 5.60. The second kappa shape index (κ2) is 9.19. The lowest BCUT2D eigenvalue weighted by Crippen LogP contribution is -2.36. The minimum atomic E-state index is -0.188. The van der Waals surface area contributed by atoms with Gasteiger partial charge in [-0.3, -0.25) is 9.59 Å². The summed E-state index contributed by atoms with van der Waals surface area (Å²) in [6.45, 7) is 1.23. The molecule has 1 saturated heterocycles. The van der Waals surface area contributed by atoms with Gasteiger partial charge in [-0.05, 0) is 36.2 Å². The largest absolute Gasteiger partial charge is 0.484 e. The van der Waals surface area contributed by atoms with E-state index in [1.54, 1.807) is 21.9 Å². The molecule has 0 radical (unpaired) electrons. The molecule has 0 saturated carbocycles. The van der Waals surface area contributed by atoms with Crippen molar-refractivity contribution in [3.05, 3.63) is 60.2 Å². The van der Waals surface area contributed by atoms with Gasteiger partial charge in [0.15, 0.2) is 6.61 Å². The minimum absolute atomic E-state index is 0.100. The van der Waals surface area contributed by atoms with Crippen molar-refractivity contribution in [1.82, 2.24) is 4.90 Å². The lowest BCUT2D eigenvalue weighted by Gasteiger charge is -2.22. The van der Waals surface area contributed by atoms with E-state index in [1.165, 1.54) is 0 Å². The Morgan fingerprint density at radius 2 is 1.85 bits per heavy atom. The molecule has 0 atom stereocenters. The highest BCUT2D eigenvalue weighted by molar-refractivity contribution is 5.95. The van der Waals surface area contributed by atoms with Crippen molar-refractivity contribution in [2.75, 3.05) is 31.2 Å². The van der Waals surface area contributed by atoms with E-state index in [1.807, 2.05) is 42.5 Å². The predicted molar refractivity (Wildman–Crippen MR) is 102 cm³/mol. The maximum atomic E-state index is 12.5. The van der Waals surface area contributed by atoms with Crippen molar-refractivity contribution < 1.29 is 19.4 Å². The Kier molecular flexibility index (Phi) is 6.44. The summed E-state index contributed by atoms with van der Waals surface area (Å²) in [6, 6.07) is 16.8. The Labute approximate surface area is 159 Å². The molecule has 142 valence electrons. The summed E-state index contributed by atoms with van der Waals surface area (Å²) in [4.78, 5) is 27.6. The van der Waals surface area contributed by atoms with Crippen LogP contribution < -0.4 is 9.64 Å². The number of aliphatic hydroxyl groups is 1. The van der Waals surface area contributed by atoms with Crippen LogP contribution in [0.15, 0.2) is 54.6 Å². The molecule has 1 aliphatic rings. The summed E-state index contributed by atoms with van der Waals surface area (Å²) in [5.74, 6) is 0.522. The molecule has 2 aromatic carbocycles. The first-order valence-corrected chi connectivity index (χ1v) is 9.13. The van der Waals surface area contributed by atoms with Gasteiger partial charge in [-0.15, -0.1) is 0 Å².